The summed E-state index contributed by atoms with van der Waals surface area (Å²) in [7, 11) is 0.0559. The first-order valence-corrected chi connectivity index (χ1v) is 7.13. The summed E-state index contributed by atoms with van der Waals surface area (Å²) >= 11 is 0. The SMILES string of the molecule is CO[Si](C)(OC)OC(C)(C)CCC(F)(F)F. The predicted molar refractivity (Wildman–Crippen MR) is 56.1 cm³/mol. The highest BCUT2D eigenvalue weighted by Gasteiger charge is 2.40. The van der Waals surface area contributed by atoms with Crippen molar-refractivity contribution in [3.8, 4) is 0 Å². The molecule has 0 aromatic rings. The van der Waals surface area contributed by atoms with Crippen LogP contribution in [0.5, 0.6) is 0 Å². The van der Waals surface area contributed by atoms with E-state index < -0.39 is 27.0 Å². The summed E-state index contributed by atoms with van der Waals surface area (Å²) in [5.74, 6) is 0. The van der Waals surface area contributed by atoms with Gasteiger partial charge in [-0.05, 0) is 20.3 Å². The Kier molecular flexibility index (Phi) is 5.44. The second-order valence-electron chi connectivity index (χ2n) is 4.25. The zero-order chi connectivity index (χ0) is 13.0. The van der Waals surface area contributed by atoms with E-state index >= 15 is 0 Å². The Morgan fingerprint density at radius 1 is 1.00 bits per heavy atom. The van der Waals surface area contributed by atoms with Crippen molar-refractivity contribution >= 4 is 8.80 Å². The van der Waals surface area contributed by atoms with Gasteiger partial charge in [-0.2, -0.15) is 13.2 Å². The average Bonchev–Trinajstić information content (AvgIpc) is 2.13. The third kappa shape index (κ3) is 6.47. The van der Waals surface area contributed by atoms with Crippen molar-refractivity contribution in [1.29, 1.82) is 0 Å². The highest BCUT2D eigenvalue weighted by Crippen LogP contribution is 2.29. The first-order valence-electron chi connectivity index (χ1n) is 4.91. The molecule has 0 aliphatic heterocycles. The third-order valence-electron chi connectivity index (χ3n) is 2.21. The molecule has 16 heavy (non-hydrogen) atoms. The molecule has 98 valence electrons. The molecule has 0 aliphatic carbocycles. The number of hydrogen-bond donors (Lipinski definition) is 0. The molecule has 7 heteroatoms. The maximum atomic E-state index is 12.1. The minimum atomic E-state index is -4.17. The van der Waals surface area contributed by atoms with Gasteiger partial charge in [-0.25, -0.2) is 0 Å². The quantitative estimate of drug-likeness (QED) is 0.687. The Bertz CT molecular complexity index is 215. The second-order valence-corrected chi connectivity index (χ2v) is 6.99. The zero-order valence-corrected chi connectivity index (χ0v) is 11.3. The summed E-state index contributed by atoms with van der Waals surface area (Å²) in [4.78, 5) is 0. The highest BCUT2D eigenvalue weighted by atomic mass is 28.4. The second kappa shape index (κ2) is 5.48. The largest absolute Gasteiger partial charge is 0.497 e. The Balaban J connectivity index is 4.34. The molecule has 0 radical (unpaired) electrons. The smallest absolute Gasteiger partial charge is 0.377 e. The molecule has 0 saturated carbocycles. The van der Waals surface area contributed by atoms with Crippen LogP contribution in [0.1, 0.15) is 26.7 Å². The van der Waals surface area contributed by atoms with Crippen LogP contribution >= 0.6 is 0 Å². The van der Waals surface area contributed by atoms with Crippen molar-refractivity contribution in [3.63, 3.8) is 0 Å². The van der Waals surface area contributed by atoms with Crippen molar-refractivity contribution < 1.29 is 26.4 Å². The van der Waals surface area contributed by atoms with Crippen molar-refractivity contribution in [2.24, 2.45) is 0 Å². The van der Waals surface area contributed by atoms with Crippen LogP contribution in [0.4, 0.5) is 13.2 Å². The third-order valence-corrected chi connectivity index (χ3v) is 4.62. The van der Waals surface area contributed by atoms with E-state index in [1.54, 1.807) is 20.4 Å². The van der Waals surface area contributed by atoms with Crippen molar-refractivity contribution in [1.82, 2.24) is 0 Å². The van der Waals surface area contributed by atoms with Gasteiger partial charge in [-0.3, -0.25) is 0 Å². The van der Waals surface area contributed by atoms with Gasteiger partial charge in [0.25, 0.3) is 0 Å². The van der Waals surface area contributed by atoms with Crippen LogP contribution in [0, 0.1) is 0 Å². The minimum absolute atomic E-state index is 0.119. The Morgan fingerprint density at radius 2 is 1.44 bits per heavy atom. The summed E-state index contributed by atoms with van der Waals surface area (Å²) in [6.45, 7) is 4.84. The molecule has 0 amide bonds. The van der Waals surface area contributed by atoms with Gasteiger partial charge in [0.2, 0.25) is 0 Å². The van der Waals surface area contributed by atoms with Gasteiger partial charge < -0.3 is 13.3 Å². The van der Waals surface area contributed by atoms with Gasteiger partial charge >= 0.3 is 15.0 Å². The summed E-state index contributed by atoms with van der Waals surface area (Å²) in [5, 5.41) is 0. The number of halogens is 3. The molecular formula is C9H19F3O3Si. The molecule has 0 saturated heterocycles. The average molecular weight is 260 g/mol. The van der Waals surface area contributed by atoms with E-state index in [0.29, 0.717) is 0 Å². The van der Waals surface area contributed by atoms with E-state index in [1.165, 1.54) is 14.2 Å². The van der Waals surface area contributed by atoms with Gasteiger partial charge in [0.1, 0.15) is 0 Å². The lowest BCUT2D eigenvalue weighted by atomic mass is 10.0. The number of rotatable bonds is 6. The van der Waals surface area contributed by atoms with Crippen LogP contribution in [0.2, 0.25) is 6.55 Å². The van der Waals surface area contributed by atoms with Crippen LogP contribution in [0.15, 0.2) is 0 Å². The predicted octanol–water partition coefficient (Wildman–Crippen LogP) is 2.99. The van der Waals surface area contributed by atoms with E-state index in [-0.39, 0.29) is 6.42 Å². The molecule has 0 spiro atoms. The minimum Gasteiger partial charge on any atom is -0.377 e. The van der Waals surface area contributed by atoms with E-state index in [2.05, 4.69) is 0 Å². The van der Waals surface area contributed by atoms with Crippen LogP contribution in [0.3, 0.4) is 0 Å². The molecule has 0 heterocycles. The first-order chi connectivity index (χ1) is 7.04. The molecule has 0 rings (SSSR count). The molecule has 0 aliphatic rings. The van der Waals surface area contributed by atoms with Crippen molar-refractivity contribution in [3.05, 3.63) is 0 Å². The molecule has 0 N–H and O–H groups in total. The molecule has 0 unspecified atom stereocenters. The molecule has 0 fully saturated rings. The maximum absolute atomic E-state index is 12.1. The van der Waals surface area contributed by atoms with Crippen LogP contribution in [0.25, 0.3) is 0 Å². The van der Waals surface area contributed by atoms with Crippen LogP contribution in [-0.2, 0) is 13.3 Å². The topological polar surface area (TPSA) is 27.7 Å². The van der Waals surface area contributed by atoms with Crippen molar-refractivity contribution in [2.75, 3.05) is 14.2 Å². The van der Waals surface area contributed by atoms with Crippen LogP contribution < -0.4 is 0 Å². The normalized spacial score (nSPS) is 14.2. The van der Waals surface area contributed by atoms with E-state index in [9.17, 15) is 13.2 Å². The fraction of sp³-hybridized carbons (Fsp3) is 1.00. The molecule has 0 aromatic heterocycles. The van der Waals surface area contributed by atoms with Gasteiger partial charge in [0.15, 0.2) is 0 Å². The van der Waals surface area contributed by atoms with E-state index in [1.807, 2.05) is 0 Å². The van der Waals surface area contributed by atoms with E-state index in [4.69, 9.17) is 13.3 Å². The lowest BCUT2D eigenvalue weighted by molar-refractivity contribution is -0.145. The standard InChI is InChI=1S/C9H19F3O3Si/c1-8(2,6-7-9(10,11)12)15-16(5,13-3)14-4/h6-7H2,1-5H3. The summed E-state index contributed by atoms with van der Waals surface area (Å²) in [6.07, 6.45) is -5.16. The zero-order valence-electron chi connectivity index (χ0n) is 10.3. The van der Waals surface area contributed by atoms with Gasteiger partial charge in [-0.1, -0.05) is 0 Å². The summed E-state index contributed by atoms with van der Waals surface area (Å²) in [6, 6.07) is 0. The first kappa shape index (κ1) is 15.9. The van der Waals surface area contributed by atoms with Gasteiger partial charge in [0, 0.05) is 27.2 Å². The Morgan fingerprint density at radius 3 is 1.75 bits per heavy atom. The monoisotopic (exact) mass is 260 g/mol. The maximum Gasteiger partial charge on any atom is 0.497 e. The van der Waals surface area contributed by atoms with Gasteiger partial charge in [-0.15, -0.1) is 0 Å². The number of hydrogen-bond acceptors (Lipinski definition) is 3. The molecule has 0 aromatic carbocycles. The summed E-state index contributed by atoms with van der Waals surface area (Å²) in [5.41, 5.74) is -0.914. The number of alkyl halides is 3. The molecule has 0 atom stereocenters. The lowest BCUT2D eigenvalue weighted by Gasteiger charge is -2.34. The summed E-state index contributed by atoms with van der Waals surface area (Å²) < 4.78 is 51.9. The highest BCUT2D eigenvalue weighted by molar-refractivity contribution is 6.59. The van der Waals surface area contributed by atoms with Crippen LogP contribution in [-0.4, -0.2) is 34.8 Å². The molecule has 3 nitrogen and oxygen atoms in total. The lowest BCUT2D eigenvalue weighted by Crippen LogP contribution is -2.47. The molecular weight excluding hydrogens is 241 g/mol. The van der Waals surface area contributed by atoms with Crippen molar-refractivity contribution in [2.45, 2.75) is 45.0 Å². The fourth-order valence-electron chi connectivity index (χ4n) is 1.16. The Labute approximate surface area is 95.2 Å². The Hall–Kier alpha value is -0.113. The van der Waals surface area contributed by atoms with Gasteiger partial charge in [0.05, 0.1) is 5.60 Å². The van der Waals surface area contributed by atoms with E-state index in [0.717, 1.165) is 0 Å². The molecule has 0 bridgehead atoms. The fourth-order valence-corrected chi connectivity index (χ4v) is 2.60.